The van der Waals surface area contributed by atoms with Crippen LogP contribution in [0.2, 0.25) is 0 Å². The molecule has 0 bridgehead atoms. The summed E-state index contributed by atoms with van der Waals surface area (Å²) in [4.78, 5) is 0. The molecule has 13 heavy (non-hydrogen) atoms. The second-order valence-corrected chi connectivity index (χ2v) is 3.70. The van der Waals surface area contributed by atoms with Gasteiger partial charge in [0.2, 0.25) is 0 Å². The molecule has 0 heteroatoms. The summed E-state index contributed by atoms with van der Waals surface area (Å²) in [5.41, 5.74) is 1.61. The molecule has 1 aliphatic carbocycles. The zero-order chi connectivity index (χ0) is 9.36. The van der Waals surface area contributed by atoms with E-state index in [-0.39, 0.29) is 0 Å². The fourth-order valence-electron chi connectivity index (χ4n) is 1.67. The van der Waals surface area contributed by atoms with Gasteiger partial charge in [-0.25, -0.2) is 0 Å². The Labute approximate surface area is 82.0 Å². The van der Waals surface area contributed by atoms with E-state index < -0.39 is 0 Å². The Bertz CT molecular complexity index is 196. The topological polar surface area (TPSA) is 0 Å². The molecular formula is C13H20. The SMILES string of the molecule is C=CCCCCCCC1=CC=CC1. The van der Waals surface area contributed by atoms with E-state index in [4.69, 9.17) is 0 Å². The fraction of sp³-hybridized carbons (Fsp3) is 0.538. The number of hydrogen-bond acceptors (Lipinski definition) is 0. The summed E-state index contributed by atoms with van der Waals surface area (Å²) in [6.07, 6.45) is 17.8. The fourth-order valence-corrected chi connectivity index (χ4v) is 1.67. The Morgan fingerprint density at radius 3 is 2.77 bits per heavy atom. The van der Waals surface area contributed by atoms with Crippen molar-refractivity contribution in [3.63, 3.8) is 0 Å². The zero-order valence-corrected chi connectivity index (χ0v) is 8.47. The molecule has 1 rings (SSSR count). The van der Waals surface area contributed by atoms with Crippen molar-refractivity contribution in [1.82, 2.24) is 0 Å². The van der Waals surface area contributed by atoms with Crippen LogP contribution in [0.3, 0.4) is 0 Å². The summed E-state index contributed by atoms with van der Waals surface area (Å²) in [6.45, 7) is 3.72. The molecular weight excluding hydrogens is 156 g/mol. The molecule has 0 spiro atoms. The van der Waals surface area contributed by atoms with Gasteiger partial charge < -0.3 is 0 Å². The van der Waals surface area contributed by atoms with E-state index in [2.05, 4.69) is 24.8 Å². The number of allylic oxidation sites excluding steroid dienone is 5. The molecule has 0 atom stereocenters. The van der Waals surface area contributed by atoms with Crippen molar-refractivity contribution in [2.24, 2.45) is 0 Å². The van der Waals surface area contributed by atoms with Crippen LogP contribution < -0.4 is 0 Å². The lowest BCUT2D eigenvalue weighted by molar-refractivity contribution is 0.642. The highest BCUT2D eigenvalue weighted by atomic mass is 14.0. The molecule has 0 aromatic heterocycles. The summed E-state index contributed by atoms with van der Waals surface area (Å²) < 4.78 is 0. The smallest absolute Gasteiger partial charge is 0.0133 e. The van der Waals surface area contributed by atoms with E-state index in [1.807, 2.05) is 6.08 Å². The highest BCUT2D eigenvalue weighted by Crippen LogP contribution is 2.18. The van der Waals surface area contributed by atoms with Gasteiger partial charge >= 0.3 is 0 Å². The van der Waals surface area contributed by atoms with E-state index >= 15 is 0 Å². The predicted octanol–water partition coefficient (Wildman–Crippen LogP) is 4.40. The second kappa shape index (κ2) is 6.71. The molecule has 1 aliphatic rings. The van der Waals surface area contributed by atoms with E-state index in [1.165, 1.54) is 44.9 Å². The predicted molar refractivity (Wildman–Crippen MR) is 59.7 cm³/mol. The third kappa shape index (κ3) is 4.72. The normalized spacial score (nSPS) is 14.6. The van der Waals surface area contributed by atoms with Gasteiger partial charge in [0.25, 0.3) is 0 Å². The molecule has 0 saturated carbocycles. The van der Waals surface area contributed by atoms with Gasteiger partial charge in [-0.05, 0) is 32.1 Å². The summed E-state index contributed by atoms with van der Waals surface area (Å²) in [5.74, 6) is 0. The van der Waals surface area contributed by atoms with E-state index in [9.17, 15) is 0 Å². The standard InChI is InChI=1S/C13H20/c1-2-3-4-5-6-7-10-13-11-8-9-12-13/h2,8-9,11H,1,3-7,10,12H2. The molecule has 0 nitrogen and oxygen atoms in total. The van der Waals surface area contributed by atoms with Gasteiger partial charge in [0, 0.05) is 0 Å². The summed E-state index contributed by atoms with van der Waals surface area (Å²) in [7, 11) is 0. The maximum Gasteiger partial charge on any atom is -0.0133 e. The highest BCUT2D eigenvalue weighted by Gasteiger charge is 1.98. The molecule has 0 heterocycles. The van der Waals surface area contributed by atoms with Crippen molar-refractivity contribution in [3.05, 3.63) is 36.5 Å². The molecule has 0 N–H and O–H groups in total. The van der Waals surface area contributed by atoms with Gasteiger partial charge in [-0.2, -0.15) is 0 Å². The van der Waals surface area contributed by atoms with Crippen LogP contribution in [0, 0.1) is 0 Å². The van der Waals surface area contributed by atoms with Gasteiger partial charge in [-0.3, -0.25) is 0 Å². The molecule has 0 unspecified atom stereocenters. The largest absolute Gasteiger partial charge is 0.103 e. The lowest BCUT2D eigenvalue weighted by Crippen LogP contribution is -1.81. The Morgan fingerprint density at radius 2 is 2.08 bits per heavy atom. The Hall–Kier alpha value is -0.780. The van der Waals surface area contributed by atoms with Crippen molar-refractivity contribution >= 4 is 0 Å². The average Bonchev–Trinajstić information content (AvgIpc) is 2.63. The molecule has 0 aliphatic heterocycles. The van der Waals surface area contributed by atoms with Crippen LogP contribution >= 0.6 is 0 Å². The summed E-state index contributed by atoms with van der Waals surface area (Å²) >= 11 is 0. The van der Waals surface area contributed by atoms with E-state index in [0.29, 0.717) is 0 Å². The number of rotatable bonds is 7. The second-order valence-electron chi connectivity index (χ2n) is 3.70. The molecule has 0 amide bonds. The minimum atomic E-state index is 1.18. The Morgan fingerprint density at radius 1 is 1.23 bits per heavy atom. The summed E-state index contributed by atoms with van der Waals surface area (Å²) in [6, 6.07) is 0. The Balaban J connectivity index is 1.87. The summed E-state index contributed by atoms with van der Waals surface area (Å²) in [5, 5.41) is 0. The van der Waals surface area contributed by atoms with E-state index in [1.54, 1.807) is 5.57 Å². The number of unbranched alkanes of at least 4 members (excludes halogenated alkanes) is 4. The maximum absolute atomic E-state index is 3.72. The lowest BCUT2D eigenvalue weighted by atomic mass is 10.1. The first-order chi connectivity index (χ1) is 6.43. The average molecular weight is 176 g/mol. The van der Waals surface area contributed by atoms with Crippen molar-refractivity contribution in [2.75, 3.05) is 0 Å². The molecule has 72 valence electrons. The minimum absolute atomic E-state index is 1.18. The number of hydrogen-bond donors (Lipinski definition) is 0. The van der Waals surface area contributed by atoms with E-state index in [0.717, 1.165) is 0 Å². The van der Waals surface area contributed by atoms with Gasteiger partial charge in [0.05, 0.1) is 0 Å². The van der Waals surface area contributed by atoms with Crippen LogP contribution in [0.5, 0.6) is 0 Å². The third-order valence-electron chi connectivity index (χ3n) is 2.50. The molecule has 0 aromatic rings. The van der Waals surface area contributed by atoms with Crippen molar-refractivity contribution in [2.45, 2.75) is 44.9 Å². The quantitative estimate of drug-likeness (QED) is 0.398. The monoisotopic (exact) mass is 176 g/mol. The van der Waals surface area contributed by atoms with Crippen LogP contribution in [0.15, 0.2) is 36.5 Å². The first-order valence-electron chi connectivity index (χ1n) is 5.39. The van der Waals surface area contributed by atoms with Crippen LogP contribution in [0.1, 0.15) is 44.9 Å². The molecule has 0 saturated heterocycles. The van der Waals surface area contributed by atoms with Crippen molar-refractivity contribution in [1.29, 1.82) is 0 Å². The first kappa shape index (κ1) is 10.3. The molecule has 0 radical (unpaired) electrons. The van der Waals surface area contributed by atoms with Gasteiger partial charge in [0.1, 0.15) is 0 Å². The van der Waals surface area contributed by atoms with Crippen LogP contribution in [-0.4, -0.2) is 0 Å². The molecule has 0 aromatic carbocycles. The first-order valence-corrected chi connectivity index (χ1v) is 5.39. The zero-order valence-electron chi connectivity index (χ0n) is 8.47. The van der Waals surface area contributed by atoms with Crippen molar-refractivity contribution in [3.8, 4) is 0 Å². The highest BCUT2D eigenvalue weighted by molar-refractivity contribution is 5.22. The molecule has 0 fully saturated rings. The lowest BCUT2D eigenvalue weighted by Gasteiger charge is -2.01. The van der Waals surface area contributed by atoms with Gasteiger partial charge in [-0.15, -0.1) is 6.58 Å². The van der Waals surface area contributed by atoms with Crippen LogP contribution in [0.25, 0.3) is 0 Å². The van der Waals surface area contributed by atoms with Crippen LogP contribution in [-0.2, 0) is 0 Å². The van der Waals surface area contributed by atoms with Crippen molar-refractivity contribution < 1.29 is 0 Å². The van der Waals surface area contributed by atoms with Gasteiger partial charge in [-0.1, -0.05) is 42.7 Å². The minimum Gasteiger partial charge on any atom is -0.103 e. The maximum atomic E-state index is 3.72. The van der Waals surface area contributed by atoms with Gasteiger partial charge in [0.15, 0.2) is 0 Å². The third-order valence-corrected chi connectivity index (χ3v) is 2.50. The Kier molecular flexibility index (Phi) is 5.31. The van der Waals surface area contributed by atoms with Crippen LogP contribution in [0.4, 0.5) is 0 Å².